The molecule has 3 rings (SSSR count). The highest BCUT2D eigenvalue weighted by atomic mass is 32.2. The Labute approximate surface area is 132 Å². The molecule has 0 atom stereocenters. The number of benzene rings is 2. The monoisotopic (exact) mass is 315 g/mol. The maximum absolute atomic E-state index is 13.0. The largest absolute Gasteiger partial charge is 0.266 e. The predicted octanol–water partition coefficient (Wildman–Crippen LogP) is 4.28. The molecule has 0 saturated carbocycles. The normalized spacial score (nSPS) is 15.3. The summed E-state index contributed by atoms with van der Waals surface area (Å²) < 4.78 is 27.6. The summed E-state index contributed by atoms with van der Waals surface area (Å²) in [7, 11) is -3.47. The quantitative estimate of drug-likeness (QED) is 0.848. The van der Waals surface area contributed by atoms with Crippen molar-refractivity contribution in [2.24, 2.45) is 0 Å². The van der Waals surface area contributed by atoms with Crippen LogP contribution in [0.2, 0.25) is 0 Å². The Morgan fingerprint density at radius 1 is 0.955 bits per heavy atom. The molecule has 116 valence electrons. The molecule has 0 N–H and O–H groups in total. The Morgan fingerprint density at radius 2 is 1.64 bits per heavy atom. The molecule has 3 nitrogen and oxygen atoms in total. The summed E-state index contributed by atoms with van der Waals surface area (Å²) in [5.41, 5.74) is 4.79. The van der Waals surface area contributed by atoms with Crippen molar-refractivity contribution in [3.8, 4) is 11.1 Å². The van der Waals surface area contributed by atoms with Gasteiger partial charge >= 0.3 is 0 Å². The summed E-state index contributed by atoms with van der Waals surface area (Å²) in [4.78, 5) is 0.422. The van der Waals surface area contributed by atoms with Gasteiger partial charge in [0, 0.05) is 17.7 Å². The second-order valence-electron chi connectivity index (χ2n) is 5.95. The molecule has 2 aromatic rings. The van der Waals surface area contributed by atoms with Crippen molar-refractivity contribution in [2.75, 3.05) is 10.8 Å². The van der Waals surface area contributed by atoms with Gasteiger partial charge in [-0.1, -0.05) is 37.1 Å². The van der Waals surface area contributed by atoms with Crippen molar-refractivity contribution in [3.63, 3.8) is 0 Å². The van der Waals surface area contributed by atoms with Gasteiger partial charge in [0.15, 0.2) is 0 Å². The first-order valence-electron chi connectivity index (χ1n) is 7.69. The molecule has 0 bridgehead atoms. The zero-order chi connectivity index (χ0) is 15.9. The minimum atomic E-state index is -3.47. The fourth-order valence-corrected chi connectivity index (χ4v) is 4.65. The van der Waals surface area contributed by atoms with E-state index in [1.54, 1.807) is 10.4 Å². The molecule has 0 unspecified atom stereocenters. The van der Waals surface area contributed by atoms with Crippen molar-refractivity contribution in [3.05, 3.63) is 47.5 Å². The Morgan fingerprint density at radius 3 is 2.36 bits per heavy atom. The summed E-state index contributed by atoms with van der Waals surface area (Å²) in [6.07, 6.45) is 1.82. The number of aryl methyl sites for hydroxylation is 2. The molecule has 0 spiro atoms. The van der Waals surface area contributed by atoms with Crippen molar-refractivity contribution < 1.29 is 8.42 Å². The lowest BCUT2D eigenvalue weighted by Crippen LogP contribution is -2.35. The highest BCUT2D eigenvalue weighted by molar-refractivity contribution is 7.93. The van der Waals surface area contributed by atoms with Crippen LogP contribution in [-0.2, 0) is 10.0 Å². The molecule has 2 aromatic carbocycles. The van der Waals surface area contributed by atoms with Crippen LogP contribution in [0.4, 0.5) is 5.69 Å². The van der Waals surface area contributed by atoms with E-state index in [-0.39, 0.29) is 0 Å². The number of rotatable bonds is 3. The van der Waals surface area contributed by atoms with Gasteiger partial charge < -0.3 is 0 Å². The maximum atomic E-state index is 13.0. The average molecular weight is 315 g/mol. The molecule has 0 saturated heterocycles. The van der Waals surface area contributed by atoms with Gasteiger partial charge in [0.1, 0.15) is 0 Å². The third kappa shape index (κ3) is 2.31. The molecule has 4 heteroatoms. The van der Waals surface area contributed by atoms with Gasteiger partial charge in [-0.15, -0.1) is 0 Å². The second-order valence-corrected chi connectivity index (χ2v) is 7.78. The summed E-state index contributed by atoms with van der Waals surface area (Å²) in [6, 6.07) is 11.6. The minimum absolute atomic E-state index is 0.422. The van der Waals surface area contributed by atoms with Gasteiger partial charge in [0.2, 0.25) is 0 Å². The first-order chi connectivity index (χ1) is 10.4. The van der Waals surface area contributed by atoms with E-state index in [2.05, 4.69) is 6.92 Å². The van der Waals surface area contributed by atoms with Crippen molar-refractivity contribution in [2.45, 2.75) is 38.5 Å². The fraction of sp³-hybridized carbons (Fsp3) is 0.333. The van der Waals surface area contributed by atoms with Gasteiger partial charge in [-0.3, -0.25) is 4.31 Å². The fourth-order valence-electron chi connectivity index (χ4n) is 2.95. The lowest BCUT2D eigenvalue weighted by atomic mass is 9.99. The third-order valence-corrected chi connectivity index (χ3v) is 6.00. The number of unbranched alkanes of at least 4 members (excludes halogenated alkanes) is 1. The number of anilines is 1. The van der Waals surface area contributed by atoms with Gasteiger partial charge in [-0.25, -0.2) is 8.42 Å². The highest BCUT2D eigenvalue weighted by Gasteiger charge is 2.34. The van der Waals surface area contributed by atoms with Crippen molar-refractivity contribution >= 4 is 15.7 Å². The summed E-state index contributed by atoms with van der Waals surface area (Å²) >= 11 is 0. The van der Waals surface area contributed by atoms with Gasteiger partial charge in [-0.05, 0) is 44.0 Å². The van der Waals surface area contributed by atoms with Crippen LogP contribution in [0.5, 0.6) is 0 Å². The van der Waals surface area contributed by atoms with E-state index in [9.17, 15) is 8.42 Å². The van der Waals surface area contributed by atoms with Gasteiger partial charge in [-0.2, -0.15) is 0 Å². The van der Waals surface area contributed by atoms with Crippen molar-refractivity contribution in [1.82, 2.24) is 0 Å². The lowest BCUT2D eigenvalue weighted by Gasteiger charge is -2.32. The zero-order valence-corrected chi connectivity index (χ0v) is 14.1. The van der Waals surface area contributed by atoms with Crippen LogP contribution in [0, 0.1) is 13.8 Å². The molecule has 0 amide bonds. The Bertz CT molecular complexity index is 825. The van der Waals surface area contributed by atoms with Crippen LogP contribution in [0.3, 0.4) is 0 Å². The van der Waals surface area contributed by atoms with E-state index in [0.29, 0.717) is 11.4 Å². The van der Waals surface area contributed by atoms with Crippen LogP contribution in [0.1, 0.15) is 30.9 Å². The highest BCUT2D eigenvalue weighted by Crippen LogP contribution is 2.43. The van der Waals surface area contributed by atoms with Crippen molar-refractivity contribution in [1.29, 1.82) is 0 Å². The number of sulfonamides is 1. The first-order valence-corrected chi connectivity index (χ1v) is 9.13. The minimum Gasteiger partial charge on any atom is -0.266 e. The van der Waals surface area contributed by atoms with Crippen LogP contribution < -0.4 is 4.31 Å². The van der Waals surface area contributed by atoms with Gasteiger partial charge in [0.05, 0.1) is 10.6 Å². The first kappa shape index (κ1) is 15.1. The number of hydrogen-bond acceptors (Lipinski definition) is 2. The molecule has 1 heterocycles. The number of hydrogen-bond donors (Lipinski definition) is 0. The van der Waals surface area contributed by atoms with E-state index in [1.165, 1.54) is 0 Å². The molecule has 0 aromatic heterocycles. The summed E-state index contributed by atoms with van der Waals surface area (Å²) in [5.74, 6) is 0. The van der Waals surface area contributed by atoms with Crippen LogP contribution in [0.25, 0.3) is 11.1 Å². The summed E-state index contributed by atoms with van der Waals surface area (Å²) in [5, 5.41) is 0. The molecule has 0 aliphatic carbocycles. The van der Waals surface area contributed by atoms with Gasteiger partial charge in [0.25, 0.3) is 10.0 Å². The SMILES string of the molecule is CCCCN1c2cc(C)ccc2-c2cc(C)ccc2S1(=O)=O. The van der Waals surface area contributed by atoms with E-state index >= 15 is 0 Å². The van der Waals surface area contributed by atoms with E-state index in [0.717, 1.165) is 40.8 Å². The zero-order valence-electron chi connectivity index (χ0n) is 13.3. The molecular formula is C18H21NO2S. The molecule has 1 aliphatic heterocycles. The van der Waals surface area contributed by atoms with E-state index in [4.69, 9.17) is 0 Å². The smallest absolute Gasteiger partial charge is 0.264 e. The Hall–Kier alpha value is -1.81. The van der Waals surface area contributed by atoms with E-state index < -0.39 is 10.0 Å². The maximum Gasteiger partial charge on any atom is 0.264 e. The topological polar surface area (TPSA) is 37.4 Å². The predicted molar refractivity (Wildman–Crippen MR) is 90.8 cm³/mol. The average Bonchev–Trinajstić information content (AvgIpc) is 2.46. The number of fused-ring (bicyclic) bond motifs is 3. The molecule has 0 radical (unpaired) electrons. The van der Waals surface area contributed by atoms with Crippen LogP contribution in [-0.4, -0.2) is 15.0 Å². The second kappa shape index (κ2) is 5.43. The van der Waals surface area contributed by atoms with E-state index in [1.807, 2.05) is 44.2 Å². The Kier molecular flexibility index (Phi) is 3.73. The molecule has 1 aliphatic rings. The Balaban J connectivity index is 2.30. The van der Waals surface area contributed by atoms with Crippen LogP contribution >= 0.6 is 0 Å². The third-order valence-electron chi connectivity index (χ3n) is 4.13. The number of nitrogens with zero attached hydrogens (tertiary/aromatic N) is 1. The molecular weight excluding hydrogens is 294 g/mol. The van der Waals surface area contributed by atoms with Crippen LogP contribution in [0.15, 0.2) is 41.3 Å². The molecule has 22 heavy (non-hydrogen) atoms. The molecule has 0 fully saturated rings. The summed E-state index contributed by atoms with van der Waals surface area (Å²) in [6.45, 7) is 6.59. The lowest BCUT2D eigenvalue weighted by molar-refractivity contribution is 0.588. The standard InChI is InChI=1S/C18H21NO2S/c1-4-5-10-19-17-12-14(3)6-8-15(17)16-11-13(2)7-9-18(16)22(19,20)21/h6-9,11-12H,4-5,10H2,1-3H3.